The van der Waals surface area contributed by atoms with Gasteiger partial charge in [0.15, 0.2) is 19.8 Å². The minimum absolute atomic E-state index is 0.0399. The molecule has 0 radical (unpaired) electrons. The van der Waals surface area contributed by atoms with Crippen LogP contribution in [0.2, 0.25) is 18.1 Å². The molecule has 2 aromatic carbocycles. The summed E-state index contributed by atoms with van der Waals surface area (Å²) in [6.45, 7) is 13.9. The van der Waals surface area contributed by atoms with Gasteiger partial charge in [0, 0.05) is 12.7 Å². The van der Waals surface area contributed by atoms with Crippen LogP contribution in [0, 0.1) is 0 Å². The Morgan fingerprint density at radius 3 is 2.28 bits per heavy atom. The van der Waals surface area contributed by atoms with Crippen LogP contribution < -0.4 is 9.47 Å². The third kappa shape index (κ3) is 5.90. The molecule has 2 aromatic rings. The number of methoxy groups -OCH3 is 1. The van der Waals surface area contributed by atoms with Gasteiger partial charge >= 0.3 is 0 Å². The van der Waals surface area contributed by atoms with Gasteiger partial charge in [-0.1, -0.05) is 45.9 Å². The molecule has 1 saturated heterocycles. The lowest BCUT2D eigenvalue weighted by molar-refractivity contribution is -0.365. The highest BCUT2D eigenvalue weighted by molar-refractivity contribution is 6.74. The summed E-state index contributed by atoms with van der Waals surface area (Å²) in [5.74, 6) is -0.215. The van der Waals surface area contributed by atoms with E-state index in [2.05, 4.69) is 40.8 Å². The lowest BCUT2D eigenvalue weighted by Crippen LogP contribution is -2.64. The summed E-state index contributed by atoms with van der Waals surface area (Å²) in [7, 11) is -0.726. The Morgan fingerprint density at radius 1 is 0.949 bits per heavy atom. The van der Waals surface area contributed by atoms with E-state index in [0.29, 0.717) is 25.2 Å². The number of fused-ring (bicyclic) bond motifs is 1. The van der Waals surface area contributed by atoms with E-state index in [0.717, 1.165) is 34.6 Å². The molecular weight excluding hydrogens is 516 g/mol. The number of aliphatic hydroxyl groups is 3. The summed E-state index contributed by atoms with van der Waals surface area (Å²) in [5, 5.41) is 32.9. The Morgan fingerprint density at radius 2 is 1.64 bits per heavy atom. The predicted octanol–water partition coefficient (Wildman–Crippen LogP) is 3.91. The number of hydrogen-bond acceptors (Lipinski definition) is 8. The molecule has 5 atom stereocenters. The van der Waals surface area contributed by atoms with Crippen molar-refractivity contribution < 1.29 is 38.7 Å². The third-order valence-electron chi connectivity index (χ3n) is 8.48. The first-order valence-corrected chi connectivity index (χ1v) is 16.7. The topological polar surface area (TPSA) is 107 Å². The summed E-state index contributed by atoms with van der Waals surface area (Å²) in [6, 6.07) is 11.7. The van der Waals surface area contributed by atoms with Gasteiger partial charge in [0.1, 0.15) is 37.6 Å². The molecule has 0 amide bonds. The highest BCUT2D eigenvalue weighted by Gasteiger charge is 2.55. The van der Waals surface area contributed by atoms with Gasteiger partial charge in [0.25, 0.3) is 0 Å². The standard InChI is InChI=1S/C30H44O8Si/c1-8-20-10-11-22(17-21(20)15-19-9-12-23-24(16-19)36-14-13-35-23)30(34-5)28(33)27(32)26(31)25(38-30)18-37-39(6,7)29(2,3)4/h9-12,16-17,25-28,31-33H,8,13-15,18H2,1-7H3/t25-,26-,27+,28-,30?/m1/s1. The summed E-state index contributed by atoms with van der Waals surface area (Å²) in [6.07, 6.45) is -3.81. The molecule has 3 N–H and O–H groups in total. The molecule has 0 aromatic heterocycles. The Hall–Kier alpha value is -1.98. The van der Waals surface area contributed by atoms with E-state index in [1.54, 1.807) is 0 Å². The molecule has 0 bridgehead atoms. The quantitative estimate of drug-likeness (QED) is 0.417. The van der Waals surface area contributed by atoms with Crippen molar-refractivity contribution in [2.24, 2.45) is 0 Å². The van der Waals surface area contributed by atoms with Crippen molar-refractivity contribution in [3.05, 3.63) is 58.7 Å². The zero-order valence-corrected chi connectivity index (χ0v) is 25.2. The Labute approximate surface area is 233 Å². The Balaban J connectivity index is 1.65. The first kappa shape index (κ1) is 30.0. The van der Waals surface area contributed by atoms with Gasteiger partial charge in [0.2, 0.25) is 5.79 Å². The number of ether oxygens (including phenoxy) is 4. The van der Waals surface area contributed by atoms with Gasteiger partial charge in [-0.2, -0.15) is 0 Å². The summed E-state index contributed by atoms with van der Waals surface area (Å²) in [5.41, 5.74) is 3.79. The number of aliphatic hydroxyl groups excluding tert-OH is 3. The van der Waals surface area contributed by atoms with Gasteiger partial charge in [0.05, 0.1) is 6.61 Å². The average Bonchev–Trinajstić information content (AvgIpc) is 2.91. The minimum Gasteiger partial charge on any atom is -0.486 e. The molecule has 1 fully saturated rings. The fraction of sp³-hybridized carbons (Fsp3) is 0.600. The number of rotatable bonds is 8. The first-order chi connectivity index (χ1) is 18.3. The molecule has 4 rings (SSSR count). The number of aryl methyl sites for hydroxylation is 1. The van der Waals surface area contributed by atoms with Gasteiger partial charge in [-0.15, -0.1) is 0 Å². The maximum atomic E-state index is 11.2. The predicted molar refractivity (Wildman–Crippen MR) is 151 cm³/mol. The maximum absolute atomic E-state index is 11.2. The lowest BCUT2D eigenvalue weighted by atomic mass is 9.85. The average molecular weight is 561 g/mol. The van der Waals surface area contributed by atoms with E-state index in [9.17, 15) is 15.3 Å². The SMILES string of the molecule is CCc1ccc(C2(OC)O[C@H](CO[Si](C)(C)C(C)(C)C)[C@@H](O)[C@H](O)[C@H]2O)cc1Cc1ccc2c(c1)OCCO2. The van der Waals surface area contributed by atoms with Gasteiger partial charge in [-0.3, -0.25) is 0 Å². The van der Waals surface area contributed by atoms with Crippen molar-refractivity contribution in [3.8, 4) is 11.5 Å². The zero-order chi connectivity index (χ0) is 28.6. The van der Waals surface area contributed by atoms with Crippen LogP contribution in [0.5, 0.6) is 11.5 Å². The van der Waals surface area contributed by atoms with E-state index in [4.69, 9.17) is 23.4 Å². The second-order valence-corrected chi connectivity index (χ2v) is 16.8. The third-order valence-corrected chi connectivity index (χ3v) is 13.0. The van der Waals surface area contributed by atoms with Crippen LogP contribution in [0.3, 0.4) is 0 Å². The van der Waals surface area contributed by atoms with Crippen LogP contribution in [0.1, 0.15) is 49.9 Å². The monoisotopic (exact) mass is 560 g/mol. The smallest absolute Gasteiger partial charge is 0.224 e. The van der Waals surface area contributed by atoms with Crippen LogP contribution in [0.4, 0.5) is 0 Å². The number of hydrogen-bond donors (Lipinski definition) is 3. The summed E-state index contributed by atoms with van der Waals surface area (Å²) >= 11 is 0. The number of benzene rings is 2. The minimum atomic E-state index is -2.16. The molecule has 216 valence electrons. The van der Waals surface area contributed by atoms with Crippen molar-refractivity contribution in [1.82, 2.24) is 0 Å². The van der Waals surface area contributed by atoms with Crippen LogP contribution >= 0.6 is 0 Å². The molecule has 2 heterocycles. The second kappa shape index (κ2) is 11.5. The molecule has 0 spiro atoms. The highest BCUT2D eigenvalue weighted by Crippen LogP contribution is 2.42. The molecule has 39 heavy (non-hydrogen) atoms. The molecule has 2 aliphatic heterocycles. The van der Waals surface area contributed by atoms with Crippen molar-refractivity contribution in [1.29, 1.82) is 0 Å². The van der Waals surface area contributed by atoms with Crippen LogP contribution in [0.15, 0.2) is 36.4 Å². The summed E-state index contributed by atoms with van der Waals surface area (Å²) in [4.78, 5) is 0. The van der Waals surface area contributed by atoms with Gasteiger partial charge in [-0.25, -0.2) is 0 Å². The van der Waals surface area contributed by atoms with Crippen LogP contribution in [-0.2, 0) is 32.5 Å². The normalized spacial score (nSPS) is 27.4. The van der Waals surface area contributed by atoms with Crippen molar-refractivity contribution in [2.75, 3.05) is 26.9 Å². The van der Waals surface area contributed by atoms with Crippen molar-refractivity contribution in [3.63, 3.8) is 0 Å². The van der Waals surface area contributed by atoms with Crippen molar-refractivity contribution in [2.45, 2.75) is 88.9 Å². The molecule has 0 saturated carbocycles. The van der Waals surface area contributed by atoms with E-state index in [1.807, 2.05) is 36.4 Å². The van der Waals surface area contributed by atoms with Gasteiger partial charge in [-0.05, 0) is 65.9 Å². The van der Waals surface area contributed by atoms with E-state index >= 15 is 0 Å². The highest BCUT2D eigenvalue weighted by atomic mass is 28.4. The maximum Gasteiger partial charge on any atom is 0.224 e. The zero-order valence-electron chi connectivity index (χ0n) is 24.2. The Bertz CT molecular complexity index is 1150. The molecule has 9 heteroatoms. The summed E-state index contributed by atoms with van der Waals surface area (Å²) < 4.78 is 30.0. The largest absolute Gasteiger partial charge is 0.486 e. The first-order valence-electron chi connectivity index (χ1n) is 13.7. The fourth-order valence-corrected chi connectivity index (χ4v) is 5.94. The van der Waals surface area contributed by atoms with Crippen LogP contribution in [0.25, 0.3) is 0 Å². The second-order valence-electron chi connectivity index (χ2n) is 12.0. The molecular formula is C30H44O8Si. The van der Waals surface area contributed by atoms with E-state index in [1.165, 1.54) is 7.11 Å². The Kier molecular flexibility index (Phi) is 8.83. The van der Waals surface area contributed by atoms with Crippen LogP contribution in [-0.4, -0.2) is 75.0 Å². The fourth-order valence-electron chi connectivity index (χ4n) is 4.93. The molecule has 1 unspecified atom stereocenters. The lowest BCUT2D eigenvalue weighted by Gasteiger charge is -2.49. The molecule has 8 nitrogen and oxygen atoms in total. The van der Waals surface area contributed by atoms with E-state index in [-0.39, 0.29) is 11.6 Å². The van der Waals surface area contributed by atoms with E-state index < -0.39 is 38.5 Å². The molecule has 0 aliphatic carbocycles. The van der Waals surface area contributed by atoms with Crippen molar-refractivity contribution >= 4 is 8.32 Å². The van der Waals surface area contributed by atoms with Gasteiger partial charge < -0.3 is 38.7 Å². The molecule has 2 aliphatic rings.